The minimum Gasteiger partial charge on any atom is -0.492 e. The molecule has 10 heteroatoms. The van der Waals surface area contributed by atoms with Gasteiger partial charge in [0.25, 0.3) is 5.91 Å². The zero-order valence-corrected chi connectivity index (χ0v) is 29.8. The third-order valence-corrected chi connectivity index (χ3v) is 9.68. The summed E-state index contributed by atoms with van der Waals surface area (Å²) >= 11 is 6.78. The lowest BCUT2D eigenvalue weighted by Crippen LogP contribution is -2.56. The van der Waals surface area contributed by atoms with Crippen LogP contribution in [0.5, 0.6) is 5.75 Å². The summed E-state index contributed by atoms with van der Waals surface area (Å²) < 4.78 is 6.20. The molecule has 0 saturated carbocycles. The van der Waals surface area contributed by atoms with E-state index in [1.165, 1.54) is 0 Å². The average Bonchev–Trinajstić information content (AvgIpc) is 3.35. The Morgan fingerprint density at radius 3 is 2.09 bits per heavy atom. The standard InChI is InChI=1S/C37H50ClN3O6/c1-9-35(3,4)24-21-26(36(5,6)10-2)32(27(38)22-24)47-20-14-17-28(42)39-23-37(7,8)33(45)31(41-29(43)18-19-30(41)44)34(46)40-25-15-12-11-13-16-25/h11-13,15-16,21-22,31H,9-10,14,17-20,23H2,1-8H3,(H,39,42)(H,40,46). The van der Waals surface area contributed by atoms with Gasteiger partial charge >= 0.3 is 0 Å². The first kappa shape index (κ1) is 37.7. The molecule has 1 atom stereocenters. The van der Waals surface area contributed by atoms with Crippen molar-refractivity contribution in [2.75, 3.05) is 18.5 Å². The van der Waals surface area contributed by atoms with Crippen LogP contribution in [0, 0.1) is 5.41 Å². The summed E-state index contributed by atoms with van der Waals surface area (Å²) in [5.41, 5.74) is 1.14. The number of carbonyl (C=O) groups is 5. The van der Waals surface area contributed by atoms with Crippen LogP contribution in [0.3, 0.4) is 0 Å². The van der Waals surface area contributed by atoms with Crippen molar-refractivity contribution in [2.24, 2.45) is 5.41 Å². The molecule has 256 valence electrons. The highest BCUT2D eigenvalue weighted by atomic mass is 35.5. The number of rotatable bonds is 16. The molecule has 0 radical (unpaired) electrons. The number of benzene rings is 2. The van der Waals surface area contributed by atoms with Gasteiger partial charge in [-0.1, -0.05) is 91.3 Å². The van der Waals surface area contributed by atoms with Crippen LogP contribution in [0.25, 0.3) is 0 Å². The Balaban J connectivity index is 1.65. The number of Topliss-reactive ketones (excluding diaryl/α,β-unsaturated/α-hetero) is 1. The molecule has 1 saturated heterocycles. The van der Waals surface area contributed by atoms with Crippen LogP contribution in [0.4, 0.5) is 5.69 Å². The molecule has 1 unspecified atom stereocenters. The Hall–Kier alpha value is -3.72. The van der Waals surface area contributed by atoms with Crippen molar-refractivity contribution in [3.05, 3.63) is 58.6 Å². The van der Waals surface area contributed by atoms with E-state index >= 15 is 0 Å². The van der Waals surface area contributed by atoms with Gasteiger partial charge in [-0.05, 0) is 53.9 Å². The molecule has 1 fully saturated rings. The molecule has 0 bridgehead atoms. The van der Waals surface area contributed by atoms with Crippen molar-refractivity contribution in [1.29, 1.82) is 0 Å². The van der Waals surface area contributed by atoms with E-state index in [1.54, 1.807) is 44.2 Å². The van der Waals surface area contributed by atoms with Crippen LogP contribution < -0.4 is 15.4 Å². The van der Waals surface area contributed by atoms with E-state index in [1.807, 2.05) is 6.07 Å². The molecule has 0 spiro atoms. The maximum atomic E-state index is 13.8. The maximum Gasteiger partial charge on any atom is 0.255 e. The van der Waals surface area contributed by atoms with Crippen LogP contribution in [0.15, 0.2) is 42.5 Å². The number of amides is 4. The van der Waals surface area contributed by atoms with Gasteiger partial charge in [0.05, 0.1) is 11.6 Å². The summed E-state index contributed by atoms with van der Waals surface area (Å²) in [5.74, 6) is -2.25. The Bertz CT molecular complexity index is 1470. The number of imide groups is 1. The molecule has 47 heavy (non-hydrogen) atoms. The predicted octanol–water partition coefficient (Wildman–Crippen LogP) is 6.74. The van der Waals surface area contributed by atoms with Crippen molar-refractivity contribution in [1.82, 2.24) is 10.2 Å². The normalized spacial score (nSPS) is 14.6. The molecule has 3 rings (SSSR count). The van der Waals surface area contributed by atoms with Gasteiger partial charge in [0.2, 0.25) is 17.7 Å². The molecule has 2 N–H and O–H groups in total. The number of para-hydroxylation sites is 1. The van der Waals surface area contributed by atoms with Crippen molar-refractivity contribution in [3.63, 3.8) is 0 Å². The summed E-state index contributed by atoms with van der Waals surface area (Å²) in [6.45, 7) is 16.3. The van der Waals surface area contributed by atoms with E-state index in [4.69, 9.17) is 16.3 Å². The predicted molar refractivity (Wildman–Crippen MR) is 185 cm³/mol. The van der Waals surface area contributed by atoms with Crippen LogP contribution in [0.1, 0.15) is 105 Å². The molecule has 0 aromatic heterocycles. The summed E-state index contributed by atoms with van der Waals surface area (Å²) in [6.07, 6.45) is 2.26. The van der Waals surface area contributed by atoms with E-state index in [0.29, 0.717) is 22.9 Å². The van der Waals surface area contributed by atoms with Crippen LogP contribution in [-0.4, -0.2) is 53.5 Å². The van der Waals surface area contributed by atoms with E-state index in [9.17, 15) is 24.0 Å². The zero-order valence-electron chi connectivity index (χ0n) is 29.1. The van der Waals surface area contributed by atoms with Crippen LogP contribution in [-0.2, 0) is 34.8 Å². The van der Waals surface area contributed by atoms with Crippen molar-refractivity contribution in [2.45, 2.75) is 111 Å². The van der Waals surface area contributed by atoms with Crippen LogP contribution in [0.2, 0.25) is 5.02 Å². The number of anilines is 1. The van der Waals surface area contributed by atoms with Crippen LogP contribution >= 0.6 is 11.6 Å². The summed E-state index contributed by atoms with van der Waals surface area (Å²) in [5, 5.41) is 5.97. The first-order valence-corrected chi connectivity index (χ1v) is 16.8. The molecular formula is C37H50ClN3O6. The third-order valence-electron chi connectivity index (χ3n) is 9.40. The number of nitrogens with one attached hydrogen (secondary N) is 2. The van der Waals surface area contributed by atoms with E-state index in [-0.39, 0.29) is 49.2 Å². The number of nitrogens with zero attached hydrogens (tertiary/aromatic N) is 1. The minimum atomic E-state index is -1.65. The lowest BCUT2D eigenvalue weighted by atomic mass is 9.76. The maximum absolute atomic E-state index is 13.8. The van der Waals surface area contributed by atoms with Gasteiger partial charge < -0.3 is 15.4 Å². The number of hydrogen-bond acceptors (Lipinski definition) is 6. The number of ether oxygens (including phenoxy) is 1. The number of hydrogen-bond donors (Lipinski definition) is 2. The highest BCUT2D eigenvalue weighted by Crippen LogP contribution is 2.43. The van der Waals surface area contributed by atoms with E-state index in [2.05, 4.69) is 58.2 Å². The number of carbonyl (C=O) groups excluding carboxylic acids is 5. The van der Waals surface area contributed by atoms with Gasteiger partial charge in [-0.2, -0.15) is 0 Å². The first-order chi connectivity index (χ1) is 21.9. The molecule has 1 aliphatic rings. The molecule has 1 heterocycles. The van der Waals surface area contributed by atoms with Gasteiger partial charge in [0.15, 0.2) is 11.8 Å². The fraction of sp³-hybridized carbons (Fsp3) is 0.541. The van der Waals surface area contributed by atoms with Gasteiger partial charge in [-0.15, -0.1) is 0 Å². The number of ketones is 1. The first-order valence-electron chi connectivity index (χ1n) is 16.4. The second-order valence-corrected chi connectivity index (χ2v) is 14.6. The highest BCUT2D eigenvalue weighted by molar-refractivity contribution is 6.32. The Kier molecular flexibility index (Phi) is 12.4. The molecule has 0 aliphatic carbocycles. The van der Waals surface area contributed by atoms with Gasteiger partial charge in [-0.25, -0.2) is 0 Å². The zero-order chi connectivity index (χ0) is 35.2. The van der Waals surface area contributed by atoms with Crippen molar-refractivity contribution >= 4 is 46.7 Å². The monoisotopic (exact) mass is 667 g/mol. The number of likely N-dealkylation sites (tertiary alicyclic amines) is 1. The summed E-state index contributed by atoms with van der Waals surface area (Å²) in [7, 11) is 0. The molecule has 2 aromatic carbocycles. The summed E-state index contributed by atoms with van der Waals surface area (Å²) in [4.78, 5) is 65.9. The third kappa shape index (κ3) is 9.21. The smallest absolute Gasteiger partial charge is 0.255 e. The Morgan fingerprint density at radius 2 is 1.51 bits per heavy atom. The fourth-order valence-corrected chi connectivity index (χ4v) is 5.54. The summed E-state index contributed by atoms with van der Waals surface area (Å²) in [6, 6.07) is 11.0. The minimum absolute atomic E-state index is 0.0424. The molecule has 9 nitrogen and oxygen atoms in total. The lowest BCUT2D eigenvalue weighted by molar-refractivity contribution is -0.152. The topological polar surface area (TPSA) is 122 Å². The molecule has 4 amide bonds. The molecule has 2 aromatic rings. The number of halogens is 1. The Morgan fingerprint density at radius 1 is 0.915 bits per heavy atom. The molecule has 1 aliphatic heterocycles. The average molecular weight is 668 g/mol. The quantitative estimate of drug-likeness (QED) is 0.116. The van der Waals surface area contributed by atoms with E-state index in [0.717, 1.165) is 28.9 Å². The van der Waals surface area contributed by atoms with Crippen molar-refractivity contribution < 1.29 is 28.7 Å². The van der Waals surface area contributed by atoms with Gasteiger partial charge in [0, 0.05) is 42.5 Å². The highest BCUT2D eigenvalue weighted by Gasteiger charge is 2.47. The Labute approximate surface area is 284 Å². The second kappa shape index (κ2) is 15.5. The fourth-order valence-electron chi connectivity index (χ4n) is 5.27. The van der Waals surface area contributed by atoms with Gasteiger partial charge in [0.1, 0.15) is 5.75 Å². The SMILES string of the molecule is CCC(C)(C)c1cc(Cl)c(OCCCC(=O)NCC(C)(C)C(=O)C(C(=O)Nc2ccccc2)N2C(=O)CCC2=O)c(C(C)(C)CC)c1. The van der Waals surface area contributed by atoms with E-state index < -0.39 is 35.0 Å². The lowest BCUT2D eigenvalue weighted by Gasteiger charge is -2.32. The van der Waals surface area contributed by atoms with Crippen molar-refractivity contribution in [3.8, 4) is 5.75 Å². The second-order valence-electron chi connectivity index (χ2n) is 14.2. The largest absolute Gasteiger partial charge is 0.492 e. The van der Waals surface area contributed by atoms with Gasteiger partial charge in [-0.3, -0.25) is 28.9 Å². The molecular weight excluding hydrogens is 618 g/mol.